The number of fused-ring (bicyclic) bond motifs is 1. The summed E-state index contributed by atoms with van der Waals surface area (Å²) in [6.07, 6.45) is 0. The highest BCUT2D eigenvalue weighted by atomic mass is 32.2. The van der Waals surface area contributed by atoms with Crippen molar-refractivity contribution < 1.29 is 24.3 Å². The number of hydrogen-bond acceptors (Lipinski definition) is 7. The molecule has 0 aromatic heterocycles. The minimum absolute atomic E-state index is 0.0441. The van der Waals surface area contributed by atoms with E-state index in [0.717, 1.165) is 0 Å². The minimum Gasteiger partial charge on any atom is -0.477 e. The average Bonchev–Trinajstić information content (AvgIpc) is 2.55. The van der Waals surface area contributed by atoms with Gasteiger partial charge in [0.1, 0.15) is 22.2 Å². The summed E-state index contributed by atoms with van der Waals surface area (Å²) < 4.78 is 0. The summed E-state index contributed by atoms with van der Waals surface area (Å²) in [5.74, 6) is -2.53. The Kier molecular flexibility index (Phi) is 4.40. The van der Waals surface area contributed by atoms with E-state index in [1.165, 1.54) is 28.4 Å². The zero-order valence-electron chi connectivity index (χ0n) is 12.5. The van der Waals surface area contributed by atoms with Crippen LogP contribution >= 0.6 is 23.5 Å². The second-order valence-corrected chi connectivity index (χ2v) is 7.53. The van der Waals surface area contributed by atoms with Gasteiger partial charge in [-0.25, -0.2) is 9.79 Å². The summed E-state index contributed by atoms with van der Waals surface area (Å²) in [7, 11) is 0. The second-order valence-electron chi connectivity index (χ2n) is 5.43. The number of nitrogens with zero attached hydrogens (tertiary/aromatic N) is 2. The maximum absolute atomic E-state index is 11.9. The van der Waals surface area contributed by atoms with Crippen LogP contribution in [0.4, 0.5) is 0 Å². The number of aliphatic carboxylic acids is 1. The fraction of sp³-hybridized carbons (Fsp3) is 0.462. The summed E-state index contributed by atoms with van der Waals surface area (Å²) >= 11 is 2.59. The van der Waals surface area contributed by atoms with Gasteiger partial charge in [-0.05, 0) is 12.5 Å². The van der Waals surface area contributed by atoms with Crippen LogP contribution in [-0.4, -0.2) is 67.7 Å². The third-order valence-electron chi connectivity index (χ3n) is 3.81. The third-order valence-corrected chi connectivity index (χ3v) is 6.40. The normalized spacial score (nSPS) is 29.8. The van der Waals surface area contributed by atoms with Crippen molar-refractivity contribution in [1.29, 1.82) is 0 Å². The topological polar surface area (TPSA) is 142 Å². The summed E-state index contributed by atoms with van der Waals surface area (Å²) in [5, 5.41) is 12.0. The standard InChI is InChI=1S/C13H14N4O5S2/c1-4-10(16-9(19)8(18)15-4)23-2-5-3-24-12-6(14)11(20)17(12)7(5)13(21)22/h4,6,12H,2-3,14H2,1H3,(H,15,18)(H,21,22). The quantitative estimate of drug-likeness (QED) is 0.413. The van der Waals surface area contributed by atoms with Gasteiger partial charge in [-0.3, -0.25) is 19.3 Å². The molecule has 0 bridgehead atoms. The van der Waals surface area contributed by atoms with Gasteiger partial charge in [-0.15, -0.1) is 23.5 Å². The summed E-state index contributed by atoms with van der Waals surface area (Å²) in [4.78, 5) is 51.0. The van der Waals surface area contributed by atoms with Gasteiger partial charge in [0, 0.05) is 11.5 Å². The number of thioether (sulfide) groups is 2. The number of carbonyl (C=O) groups is 4. The zero-order valence-corrected chi connectivity index (χ0v) is 14.1. The number of carbonyl (C=O) groups excluding carboxylic acids is 3. The van der Waals surface area contributed by atoms with E-state index in [1.807, 2.05) is 0 Å². The molecule has 1 saturated heterocycles. The van der Waals surface area contributed by atoms with Crippen molar-refractivity contribution in [3.63, 3.8) is 0 Å². The Morgan fingerprint density at radius 3 is 2.88 bits per heavy atom. The first-order valence-corrected chi connectivity index (χ1v) is 9.06. The molecule has 24 heavy (non-hydrogen) atoms. The van der Waals surface area contributed by atoms with E-state index < -0.39 is 35.8 Å². The highest BCUT2D eigenvalue weighted by Gasteiger charge is 2.51. The van der Waals surface area contributed by atoms with Crippen molar-refractivity contribution in [3.8, 4) is 0 Å². The lowest BCUT2D eigenvalue weighted by atomic mass is 10.0. The summed E-state index contributed by atoms with van der Waals surface area (Å²) in [5.41, 5.74) is 6.21. The lowest BCUT2D eigenvalue weighted by molar-refractivity contribution is -0.147. The van der Waals surface area contributed by atoms with Gasteiger partial charge in [0.25, 0.3) is 0 Å². The highest BCUT2D eigenvalue weighted by molar-refractivity contribution is 8.14. The number of nitrogens with two attached hydrogens (primary N) is 1. The fourth-order valence-corrected chi connectivity index (χ4v) is 5.02. The van der Waals surface area contributed by atoms with Gasteiger partial charge in [-0.1, -0.05) is 0 Å². The Morgan fingerprint density at radius 1 is 1.50 bits per heavy atom. The molecule has 0 aromatic rings. The molecule has 3 amide bonds. The van der Waals surface area contributed by atoms with E-state index >= 15 is 0 Å². The average molecular weight is 370 g/mol. The Bertz CT molecular complexity index is 719. The highest BCUT2D eigenvalue weighted by Crippen LogP contribution is 2.40. The largest absolute Gasteiger partial charge is 0.477 e. The molecule has 3 heterocycles. The number of β-lactam (4-membered cyclic amide) rings is 1. The monoisotopic (exact) mass is 370 g/mol. The predicted octanol–water partition coefficient (Wildman–Crippen LogP) is -1.26. The molecule has 11 heteroatoms. The Labute approximate surface area is 145 Å². The third kappa shape index (κ3) is 2.72. The predicted molar refractivity (Wildman–Crippen MR) is 88.2 cm³/mol. The molecule has 3 aliphatic heterocycles. The van der Waals surface area contributed by atoms with Crippen LogP contribution < -0.4 is 11.1 Å². The van der Waals surface area contributed by atoms with Crippen LogP contribution in [-0.2, 0) is 19.2 Å². The van der Waals surface area contributed by atoms with Gasteiger partial charge in [0.05, 0.1) is 6.04 Å². The summed E-state index contributed by atoms with van der Waals surface area (Å²) in [6.45, 7) is 1.69. The first-order chi connectivity index (χ1) is 11.3. The van der Waals surface area contributed by atoms with Crippen molar-refractivity contribution in [1.82, 2.24) is 10.2 Å². The van der Waals surface area contributed by atoms with E-state index in [-0.39, 0.29) is 16.8 Å². The lowest BCUT2D eigenvalue weighted by Crippen LogP contribution is -2.68. The van der Waals surface area contributed by atoms with E-state index in [2.05, 4.69) is 10.3 Å². The van der Waals surface area contributed by atoms with Gasteiger partial charge in [0.2, 0.25) is 5.91 Å². The number of amides is 3. The minimum atomic E-state index is -1.18. The van der Waals surface area contributed by atoms with Crippen LogP contribution in [0.25, 0.3) is 0 Å². The Balaban J connectivity index is 1.79. The maximum atomic E-state index is 11.9. The number of carboxylic acids is 1. The van der Waals surface area contributed by atoms with Crippen molar-refractivity contribution >= 4 is 52.3 Å². The SMILES string of the molecule is CC1NC(=O)C(=O)N=C1SCC1=C(C(=O)O)N2C(=O)C(N)C2SC1. The van der Waals surface area contributed by atoms with Crippen molar-refractivity contribution in [3.05, 3.63) is 11.3 Å². The van der Waals surface area contributed by atoms with E-state index in [0.29, 0.717) is 16.4 Å². The van der Waals surface area contributed by atoms with Gasteiger partial charge in [-0.2, -0.15) is 0 Å². The molecule has 0 aromatic carbocycles. The fourth-order valence-electron chi connectivity index (χ4n) is 2.58. The van der Waals surface area contributed by atoms with E-state index in [9.17, 15) is 24.3 Å². The van der Waals surface area contributed by atoms with Crippen LogP contribution in [0.1, 0.15) is 6.92 Å². The number of carboxylic acid groups (broad SMARTS) is 1. The van der Waals surface area contributed by atoms with Crippen molar-refractivity contribution in [2.45, 2.75) is 24.4 Å². The van der Waals surface area contributed by atoms with Crippen molar-refractivity contribution in [2.75, 3.05) is 11.5 Å². The molecule has 0 radical (unpaired) electrons. The van der Waals surface area contributed by atoms with Crippen LogP contribution in [0.2, 0.25) is 0 Å². The number of hydrogen-bond donors (Lipinski definition) is 3. The van der Waals surface area contributed by atoms with Gasteiger partial charge in [0.15, 0.2) is 0 Å². The molecule has 128 valence electrons. The zero-order chi connectivity index (χ0) is 17.6. The van der Waals surface area contributed by atoms with E-state index in [4.69, 9.17) is 5.73 Å². The molecule has 9 nitrogen and oxygen atoms in total. The molecule has 3 aliphatic rings. The molecule has 0 aliphatic carbocycles. The molecular formula is C13H14N4O5S2. The first kappa shape index (κ1) is 17.0. The second kappa shape index (κ2) is 6.22. The Hall–Kier alpha value is -1.85. The first-order valence-electron chi connectivity index (χ1n) is 7.03. The molecule has 0 saturated carbocycles. The number of aliphatic imine (C=N–C) groups is 1. The molecule has 4 N–H and O–H groups in total. The molecule has 1 fully saturated rings. The number of nitrogens with one attached hydrogen (secondary N) is 1. The van der Waals surface area contributed by atoms with Crippen LogP contribution in [0.5, 0.6) is 0 Å². The Morgan fingerprint density at radius 2 is 2.21 bits per heavy atom. The van der Waals surface area contributed by atoms with Crippen LogP contribution in [0.15, 0.2) is 16.3 Å². The molecule has 3 unspecified atom stereocenters. The number of rotatable bonds is 3. The molecular weight excluding hydrogens is 356 g/mol. The maximum Gasteiger partial charge on any atom is 0.352 e. The summed E-state index contributed by atoms with van der Waals surface area (Å²) in [6, 6.07) is -1.09. The smallest absolute Gasteiger partial charge is 0.352 e. The molecule has 3 atom stereocenters. The van der Waals surface area contributed by atoms with Crippen molar-refractivity contribution in [2.24, 2.45) is 10.7 Å². The molecule has 0 spiro atoms. The molecule has 3 rings (SSSR count). The van der Waals surface area contributed by atoms with E-state index in [1.54, 1.807) is 6.92 Å². The van der Waals surface area contributed by atoms with Crippen LogP contribution in [0, 0.1) is 0 Å². The lowest BCUT2D eigenvalue weighted by Gasteiger charge is -2.48. The van der Waals surface area contributed by atoms with Gasteiger partial charge >= 0.3 is 17.8 Å². The van der Waals surface area contributed by atoms with Gasteiger partial charge < -0.3 is 16.2 Å². The van der Waals surface area contributed by atoms with Crippen LogP contribution in [0.3, 0.4) is 0 Å².